The summed E-state index contributed by atoms with van der Waals surface area (Å²) in [6, 6.07) is 16.1. The molecule has 0 saturated carbocycles. The van der Waals surface area contributed by atoms with Crippen LogP contribution in [0.5, 0.6) is 0 Å². The van der Waals surface area contributed by atoms with Gasteiger partial charge in [-0.15, -0.1) is 11.3 Å². The zero-order valence-corrected chi connectivity index (χ0v) is 18.5. The topological polar surface area (TPSA) is 105 Å². The van der Waals surface area contributed by atoms with Crippen molar-refractivity contribution in [3.8, 4) is 0 Å². The summed E-state index contributed by atoms with van der Waals surface area (Å²) in [6.07, 6.45) is 1.65. The Morgan fingerprint density at radius 2 is 1.81 bits per heavy atom. The average Bonchev–Trinajstić information content (AvgIpc) is 3.22. The number of nitrogens with zero attached hydrogens (tertiary/aromatic N) is 1. The van der Waals surface area contributed by atoms with Crippen LogP contribution in [-0.2, 0) is 29.4 Å². The number of primary sulfonamides is 1. The molecule has 4 N–H and O–H groups in total. The molecule has 162 valence electrons. The van der Waals surface area contributed by atoms with Crippen LogP contribution in [0.2, 0.25) is 0 Å². The van der Waals surface area contributed by atoms with E-state index in [1.54, 1.807) is 12.1 Å². The third-order valence-corrected chi connectivity index (χ3v) is 7.20. The SMILES string of the molecule is NS(=O)(=O)c1ccc(CCNC(=O)Nc2ccc(N3CCc4sccc4C3)cc2)cc1. The summed E-state index contributed by atoms with van der Waals surface area (Å²) in [5.74, 6) is 0. The van der Waals surface area contributed by atoms with Crippen LogP contribution in [0.15, 0.2) is 64.9 Å². The van der Waals surface area contributed by atoms with E-state index in [4.69, 9.17) is 5.14 Å². The third-order valence-electron chi connectivity index (χ3n) is 5.25. The predicted octanol–water partition coefficient (Wildman–Crippen LogP) is 3.32. The fourth-order valence-electron chi connectivity index (χ4n) is 3.57. The fourth-order valence-corrected chi connectivity index (χ4v) is 4.97. The van der Waals surface area contributed by atoms with Gasteiger partial charge in [0, 0.05) is 35.9 Å². The first kappa shape index (κ1) is 21.4. The second kappa shape index (κ2) is 9.09. The molecule has 31 heavy (non-hydrogen) atoms. The van der Waals surface area contributed by atoms with Crippen LogP contribution in [0.4, 0.5) is 16.2 Å². The summed E-state index contributed by atoms with van der Waals surface area (Å²) in [5.41, 5.74) is 4.18. The lowest BCUT2D eigenvalue weighted by atomic mass is 10.1. The molecule has 0 bridgehead atoms. The molecule has 0 radical (unpaired) electrons. The van der Waals surface area contributed by atoms with Gasteiger partial charge in [-0.05, 0) is 71.8 Å². The molecule has 2 heterocycles. The molecule has 7 nitrogen and oxygen atoms in total. The van der Waals surface area contributed by atoms with Crippen molar-refractivity contribution in [2.24, 2.45) is 5.14 Å². The van der Waals surface area contributed by atoms with Gasteiger partial charge in [0.05, 0.1) is 4.90 Å². The van der Waals surface area contributed by atoms with Gasteiger partial charge in [-0.2, -0.15) is 0 Å². The zero-order chi connectivity index (χ0) is 21.8. The number of hydrogen-bond donors (Lipinski definition) is 3. The first-order valence-electron chi connectivity index (χ1n) is 9.95. The number of benzene rings is 2. The van der Waals surface area contributed by atoms with Gasteiger partial charge in [-0.25, -0.2) is 18.4 Å². The number of amides is 2. The lowest BCUT2D eigenvalue weighted by Crippen LogP contribution is -2.30. The molecule has 0 unspecified atom stereocenters. The Balaban J connectivity index is 1.24. The van der Waals surface area contributed by atoms with E-state index in [2.05, 4.69) is 27.0 Å². The maximum Gasteiger partial charge on any atom is 0.319 e. The highest BCUT2D eigenvalue weighted by Crippen LogP contribution is 2.28. The number of anilines is 2. The van der Waals surface area contributed by atoms with Crippen LogP contribution in [-0.4, -0.2) is 27.5 Å². The Hall–Kier alpha value is -2.88. The maximum atomic E-state index is 12.2. The van der Waals surface area contributed by atoms with Crippen molar-refractivity contribution < 1.29 is 13.2 Å². The molecule has 2 amide bonds. The molecule has 0 saturated heterocycles. The number of urea groups is 1. The van der Waals surface area contributed by atoms with Crippen LogP contribution in [0.3, 0.4) is 0 Å². The molecule has 4 rings (SSSR count). The minimum Gasteiger partial charge on any atom is -0.367 e. The second-order valence-corrected chi connectivity index (χ2v) is 9.97. The molecule has 1 aliphatic heterocycles. The number of sulfonamides is 1. The Kier molecular flexibility index (Phi) is 6.26. The highest BCUT2D eigenvalue weighted by atomic mass is 32.2. The number of carbonyl (C=O) groups excluding carboxylic acids is 1. The lowest BCUT2D eigenvalue weighted by molar-refractivity contribution is 0.252. The summed E-state index contributed by atoms with van der Waals surface area (Å²) in [5, 5.41) is 12.9. The molecule has 0 aliphatic carbocycles. The first-order valence-corrected chi connectivity index (χ1v) is 12.4. The van der Waals surface area contributed by atoms with E-state index in [1.165, 1.54) is 22.6 Å². The second-order valence-electron chi connectivity index (χ2n) is 7.41. The van der Waals surface area contributed by atoms with Gasteiger partial charge in [-0.1, -0.05) is 12.1 Å². The van der Waals surface area contributed by atoms with E-state index in [0.717, 1.165) is 36.4 Å². The molecule has 2 aromatic carbocycles. The smallest absolute Gasteiger partial charge is 0.319 e. The summed E-state index contributed by atoms with van der Waals surface area (Å²) < 4.78 is 22.6. The number of nitrogens with two attached hydrogens (primary N) is 1. The molecule has 3 aromatic rings. The van der Waals surface area contributed by atoms with Crippen molar-refractivity contribution in [2.45, 2.75) is 24.3 Å². The lowest BCUT2D eigenvalue weighted by Gasteiger charge is -2.29. The van der Waals surface area contributed by atoms with E-state index < -0.39 is 10.0 Å². The number of thiophene rings is 1. The first-order chi connectivity index (χ1) is 14.9. The quantitative estimate of drug-likeness (QED) is 0.529. The molecule has 1 aliphatic rings. The van der Waals surface area contributed by atoms with Crippen molar-refractivity contribution in [1.82, 2.24) is 5.32 Å². The van der Waals surface area contributed by atoms with Crippen LogP contribution < -0.4 is 20.7 Å². The van der Waals surface area contributed by atoms with Crippen molar-refractivity contribution in [2.75, 3.05) is 23.3 Å². The van der Waals surface area contributed by atoms with Gasteiger partial charge in [0.1, 0.15) is 0 Å². The van der Waals surface area contributed by atoms with Gasteiger partial charge < -0.3 is 15.5 Å². The van der Waals surface area contributed by atoms with Crippen LogP contribution >= 0.6 is 11.3 Å². The third kappa shape index (κ3) is 5.43. The number of hydrogen-bond acceptors (Lipinski definition) is 5. The van der Waals surface area contributed by atoms with Crippen LogP contribution in [0.1, 0.15) is 16.0 Å². The Bertz CT molecular complexity index is 1160. The largest absolute Gasteiger partial charge is 0.367 e. The van der Waals surface area contributed by atoms with Crippen molar-refractivity contribution >= 4 is 38.8 Å². The van der Waals surface area contributed by atoms with Gasteiger partial charge in [-0.3, -0.25) is 0 Å². The highest BCUT2D eigenvalue weighted by Gasteiger charge is 2.17. The molecular formula is C22H24N4O3S2. The Morgan fingerprint density at radius 3 is 2.52 bits per heavy atom. The number of carbonyl (C=O) groups is 1. The average molecular weight is 457 g/mol. The molecule has 1 aromatic heterocycles. The minimum absolute atomic E-state index is 0.0747. The van der Waals surface area contributed by atoms with E-state index in [0.29, 0.717) is 13.0 Å². The number of fused-ring (bicyclic) bond motifs is 1. The standard InChI is InChI=1S/C22H24N4O3S2/c23-31(28,29)20-7-1-16(2-8-20)9-12-24-22(27)25-18-3-5-19(6-4-18)26-13-10-21-17(15-26)11-14-30-21/h1-8,11,14H,9-10,12-13,15H2,(H2,23,28,29)(H2,24,25,27). The molecule has 0 fully saturated rings. The van der Waals surface area contributed by atoms with E-state index in [9.17, 15) is 13.2 Å². The van der Waals surface area contributed by atoms with E-state index in [-0.39, 0.29) is 10.9 Å². The normalized spacial score (nSPS) is 13.5. The summed E-state index contributed by atoms with van der Waals surface area (Å²) in [4.78, 5) is 16.1. The van der Waals surface area contributed by atoms with Gasteiger partial charge >= 0.3 is 6.03 Å². The van der Waals surface area contributed by atoms with Gasteiger partial charge in [0.25, 0.3) is 0 Å². The van der Waals surface area contributed by atoms with Crippen LogP contribution in [0, 0.1) is 0 Å². The number of nitrogens with one attached hydrogen (secondary N) is 2. The molecular weight excluding hydrogens is 432 g/mol. The molecule has 0 atom stereocenters. The van der Waals surface area contributed by atoms with Crippen LogP contribution in [0.25, 0.3) is 0 Å². The molecule has 9 heteroatoms. The predicted molar refractivity (Wildman–Crippen MR) is 124 cm³/mol. The summed E-state index contributed by atoms with van der Waals surface area (Å²) in [7, 11) is -3.69. The van der Waals surface area contributed by atoms with Crippen molar-refractivity contribution in [1.29, 1.82) is 0 Å². The summed E-state index contributed by atoms with van der Waals surface area (Å²) >= 11 is 1.83. The van der Waals surface area contributed by atoms with Crippen molar-refractivity contribution in [3.63, 3.8) is 0 Å². The van der Waals surface area contributed by atoms with Crippen molar-refractivity contribution in [3.05, 3.63) is 76.0 Å². The highest BCUT2D eigenvalue weighted by molar-refractivity contribution is 7.89. The van der Waals surface area contributed by atoms with E-state index >= 15 is 0 Å². The number of rotatable bonds is 6. The van der Waals surface area contributed by atoms with E-state index in [1.807, 2.05) is 35.6 Å². The fraction of sp³-hybridized carbons (Fsp3) is 0.227. The zero-order valence-electron chi connectivity index (χ0n) is 16.9. The Morgan fingerprint density at radius 1 is 1.06 bits per heavy atom. The Labute approximate surface area is 185 Å². The monoisotopic (exact) mass is 456 g/mol. The maximum absolute atomic E-state index is 12.2. The van der Waals surface area contributed by atoms with Gasteiger partial charge in [0.15, 0.2) is 0 Å². The van der Waals surface area contributed by atoms with Gasteiger partial charge in [0.2, 0.25) is 10.0 Å². The molecule has 0 spiro atoms. The summed E-state index contributed by atoms with van der Waals surface area (Å²) in [6.45, 7) is 2.35. The minimum atomic E-state index is -3.69.